The van der Waals surface area contributed by atoms with Crippen LogP contribution in [-0.2, 0) is 26.2 Å². The van der Waals surface area contributed by atoms with Crippen LogP contribution in [-0.4, -0.2) is 90.5 Å². The van der Waals surface area contributed by atoms with Gasteiger partial charge in [0.1, 0.15) is 11.6 Å². The van der Waals surface area contributed by atoms with E-state index in [2.05, 4.69) is 42.0 Å². The number of hydrogen-bond donors (Lipinski definition) is 2. The number of carboxylic acid groups (broad SMARTS) is 1. The topological polar surface area (TPSA) is 108 Å². The van der Waals surface area contributed by atoms with Crippen molar-refractivity contribution in [2.75, 3.05) is 51.3 Å². The molecule has 1 aliphatic carbocycles. The zero-order chi connectivity index (χ0) is 27.8. The second-order valence-corrected chi connectivity index (χ2v) is 10.7. The Bertz CT molecular complexity index is 893. The molecule has 0 radical (unpaired) electrons. The molecule has 12 heteroatoms. The summed E-state index contributed by atoms with van der Waals surface area (Å²) in [5, 5.41) is 10.1. The monoisotopic (exact) mass is 531 g/mol. The SMILES string of the molecule is COCCc1cc(N2CCN(CCC3CC(NC(C)=O)C3)CC2)nc(C(C)(C)C)n1.O=C(O)C(F)(F)F. The number of ether oxygens (including phenoxy) is 1. The van der Waals surface area contributed by atoms with E-state index in [1.165, 1.54) is 6.42 Å². The minimum absolute atomic E-state index is 0.0719. The van der Waals surface area contributed by atoms with Gasteiger partial charge in [0.25, 0.3) is 0 Å². The summed E-state index contributed by atoms with van der Waals surface area (Å²) in [6.07, 6.45) is -0.754. The molecule has 0 bridgehead atoms. The standard InChI is InChI=1S/C23H39N5O2.C2HF3O2/c1-17(29)24-20-14-18(15-20)6-8-27-9-11-28(12-10-27)21-16-19(7-13-30-5)25-22(26-21)23(2,3)4;3-2(4,5)1(6)7/h16,18,20H,6-15H2,1-5H3,(H,24,29);(H,6,7). The van der Waals surface area contributed by atoms with E-state index >= 15 is 0 Å². The molecule has 3 rings (SSSR count). The maximum Gasteiger partial charge on any atom is 0.490 e. The first-order valence-corrected chi connectivity index (χ1v) is 12.6. The average Bonchev–Trinajstić information content (AvgIpc) is 2.78. The molecule has 2 aliphatic rings. The molecule has 210 valence electrons. The zero-order valence-corrected chi connectivity index (χ0v) is 22.4. The number of nitrogens with zero attached hydrogens (tertiary/aromatic N) is 4. The van der Waals surface area contributed by atoms with Gasteiger partial charge in [-0.05, 0) is 31.7 Å². The number of halogens is 3. The molecular formula is C25H40F3N5O4. The first-order valence-electron chi connectivity index (χ1n) is 12.6. The van der Waals surface area contributed by atoms with Crippen LogP contribution in [0.15, 0.2) is 6.07 Å². The molecule has 1 aliphatic heterocycles. The minimum atomic E-state index is -5.08. The second-order valence-electron chi connectivity index (χ2n) is 10.7. The molecule has 1 saturated heterocycles. The van der Waals surface area contributed by atoms with Gasteiger partial charge in [-0.15, -0.1) is 0 Å². The Labute approximate surface area is 216 Å². The maximum absolute atomic E-state index is 11.1. The van der Waals surface area contributed by atoms with E-state index in [-0.39, 0.29) is 11.3 Å². The van der Waals surface area contributed by atoms with E-state index in [4.69, 9.17) is 24.6 Å². The van der Waals surface area contributed by atoms with Crippen LogP contribution < -0.4 is 10.2 Å². The lowest BCUT2D eigenvalue weighted by Gasteiger charge is -2.39. The van der Waals surface area contributed by atoms with E-state index in [9.17, 15) is 18.0 Å². The number of methoxy groups -OCH3 is 1. The number of hydrogen-bond acceptors (Lipinski definition) is 7. The minimum Gasteiger partial charge on any atom is -0.475 e. The van der Waals surface area contributed by atoms with Crippen LogP contribution in [0.2, 0.25) is 0 Å². The highest BCUT2D eigenvalue weighted by Crippen LogP contribution is 2.30. The van der Waals surface area contributed by atoms with Crippen LogP contribution in [0, 0.1) is 5.92 Å². The number of aromatic nitrogens is 2. The lowest BCUT2D eigenvalue weighted by atomic mass is 9.78. The van der Waals surface area contributed by atoms with Crippen LogP contribution in [0.3, 0.4) is 0 Å². The van der Waals surface area contributed by atoms with Gasteiger partial charge in [-0.25, -0.2) is 14.8 Å². The van der Waals surface area contributed by atoms with Crippen molar-refractivity contribution in [1.82, 2.24) is 20.2 Å². The Morgan fingerprint density at radius 2 is 1.73 bits per heavy atom. The molecule has 37 heavy (non-hydrogen) atoms. The average molecular weight is 532 g/mol. The van der Waals surface area contributed by atoms with Gasteiger partial charge in [-0.1, -0.05) is 20.8 Å². The third-order valence-electron chi connectivity index (χ3n) is 6.43. The Morgan fingerprint density at radius 3 is 2.22 bits per heavy atom. The Hall–Kier alpha value is -2.47. The van der Waals surface area contributed by atoms with Crippen LogP contribution in [0.25, 0.3) is 0 Å². The maximum atomic E-state index is 11.1. The summed E-state index contributed by atoms with van der Waals surface area (Å²) >= 11 is 0. The molecule has 2 fully saturated rings. The van der Waals surface area contributed by atoms with E-state index in [0.29, 0.717) is 12.6 Å². The van der Waals surface area contributed by atoms with E-state index < -0.39 is 12.1 Å². The summed E-state index contributed by atoms with van der Waals surface area (Å²) in [4.78, 5) is 34.7. The lowest BCUT2D eigenvalue weighted by molar-refractivity contribution is -0.192. The Kier molecular flexibility index (Phi) is 11.1. The molecule has 0 spiro atoms. The number of amides is 1. The largest absolute Gasteiger partial charge is 0.490 e. The van der Waals surface area contributed by atoms with Gasteiger partial charge in [0.15, 0.2) is 0 Å². The fourth-order valence-corrected chi connectivity index (χ4v) is 4.26. The van der Waals surface area contributed by atoms with Gasteiger partial charge in [0.05, 0.1) is 6.61 Å². The summed E-state index contributed by atoms with van der Waals surface area (Å²) in [5.41, 5.74) is 0.991. The summed E-state index contributed by atoms with van der Waals surface area (Å²) in [5.74, 6) is 0.0660. The summed E-state index contributed by atoms with van der Waals surface area (Å²) in [6, 6.07) is 2.55. The number of alkyl halides is 3. The second kappa shape index (κ2) is 13.4. The van der Waals surface area contributed by atoms with Gasteiger partial charge in [0.2, 0.25) is 5.91 Å². The molecule has 1 aromatic rings. The number of rotatable bonds is 8. The number of carbonyl (C=O) groups excluding carboxylic acids is 1. The first kappa shape index (κ1) is 30.8. The van der Waals surface area contributed by atoms with Crippen molar-refractivity contribution in [2.24, 2.45) is 5.92 Å². The highest BCUT2D eigenvalue weighted by Gasteiger charge is 2.38. The van der Waals surface area contributed by atoms with E-state index in [1.54, 1.807) is 14.0 Å². The molecule has 0 aromatic carbocycles. The fraction of sp³-hybridized carbons (Fsp3) is 0.760. The molecule has 9 nitrogen and oxygen atoms in total. The molecular weight excluding hydrogens is 491 g/mol. The zero-order valence-electron chi connectivity index (χ0n) is 22.4. The summed E-state index contributed by atoms with van der Waals surface area (Å²) in [7, 11) is 1.73. The van der Waals surface area contributed by atoms with E-state index in [0.717, 1.165) is 75.2 Å². The molecule has 1 saturated carbocycles. The molecule has 2 heterocycles. The van der Waals surface area contributed by atoms with Gasteiger partial charge >= 0.3 is 12.1 Å². The van der Waals surface area contributed by atoms with Gasteiger partial charge in [-0.2, -0.15) is 13.2 Å². The van der Waals surface area contributed by atoms with Gasteiger partial charge in [-0.3, -0.25) is 9.69 Å². The quantitative estimate of drug-likeness (QED) is 0.527. The summed E-state index contributed by atoms with van der Waals surface area (Å²) < 4.78 is 37.0. The van der Waals surface area contributed by atoms with Crippen LogP contribution >= 0.6 is 0 Å². The fourth-order valence-electron chi connectivity index (χ4n) is 4.26. The molecule has 2 N–H and O–H groups in total. The first-order chi connectivity index (χ1) is 17.2. The summed E-state index contributed by atoms with van der Waals surface area (Å²) in [6.45, 7) is 14.1. The molecule has 0 atom stereocenters. The van der Waals surface area contributed by atoms with Crippen molar-refractivity contribution in [3.8, 4) is 0 Å². The van der Waals surface area contributed by atoms with Gasteiger partial charge < -0.3 is 20.1 Å². The smallest absolute Gasteiger partial charge is 0.475 e. The van der Waals surface area contributed by atoms with Crippen molar-refractivity contribution < 1.29 is 32.6 Å². The Morgan fingerprint density at radius 1 is 1.14 bits per heavy atom. The molecule has 1 amide bonds. The van der Waals surface area contributed by atoms with Crippen LogP contribution in [0.4, 0.5) is 19.0 Å². The number of carboxylic acids is 1. The van der Waals surface area contributed by atoms with E-state index in [1.807, 2.05) is 0 Å². The van der Waals surface area contributed by atoms with Crippen molar-refractivity contribution in [1.29, 1.82) is 0 Å². The normalized spacial score (nSPS) is 20.5. The van der Waals surface area contributed by atoms with Gasteiger partial charge in [0, 0.05) is 69.9 Å². The number of nitrogens with one attached hydrogen (secondary N) is 1. The highest BCUT2D eigenvalue weighted by atomic mass is 19.4. The van der Waals surface area contributed by atoms with Crippen LogP contribution in [0.1, 0.15) is 58.5 Å². The number of piperazine rings is 1. The Balaban J connectivity index is 0.000000604. The lowest BCUT2D eigenvalue weighted by Crippen LogP contribution is -2.48. The number of anilines is 1. The number of carbonyl (C=O) groups is 2. The molecule has 1 aromatic heterocycles. The third kappa shape index (κ3) is 10.4. The van der Waals surface area contributed by atoms with Crippen molar-refractivity contribution in [3.05, 3.63) is 17.6 Å². The van der Waals surface area contributed by atoms with Crippen LogP contribution in [0.5, 0.6) is 0 Å². The predicted molar refractivity (Wildman–Crippen MR) is 134 cm³/mol. The molecule has 0 unspecified atom stereocenters. The van der Waals surface area contributed by atoms with Crippen molar-refractivity contribution >= 4 is 17.7 Å². The third-order valence-corrected chi connectivity index (χ3v) is 6.43. The van der Waals surface area contributed by atoms with Crippen molar-refractivity contribution in [2.45, 2.75) is 71.0 Å². The highest BCUT2D eigenvalue weighted by molar-refractivity contribution is 5.73. The van der Waals surface area contributed by atoms with Crippen molar-refractivity contribution in [3.63, 3.8) is 0 Å². The number of aliphatic carboxylic acids is 1. The predicted octanol–water partition coefficient (Wildman–Crippen LogP) is 3.02.